The lowest BCUT2D eigenvalue weighted by Crippen LogP contribution is -2.14. The molecule has 2 N–H and O–H groups in total. The van der Waals surface area contributed by atoms with Crippen LogP contribution >= 0.6 is 0 Å². The number of nitro benzene ring substituents is 1. The predicted molar refractivity (Wildman–Crippen MR) is 91.1 cm³/mol. The fraction of sp³-hybridized carbons (Fsp3) is 0.176. The summed E-state index contributed by atoms with van der Waals surface area (Å²) in [5.41, 5.74) is 1.85. The van der Waals surface area contributed by atoms with Crippen molar-refractivity contribution in [2.75, 3.05) is 10.6 Å². The van der Waals surface area contributed by atoms with E-state index < -0.39 is 10.8 Å². The second-order valence-corrected chi connectivity index (χ2v) is 5.19. The molecule has 7 nitrogen and oxygen atoms in total. The maximum atomic E-state index is 12.4. The van der Waals surface area contributed by atoms with Crippen molar-refractivity contribution in [2.45, 2.75) is 20.3 Å². The molecule has 0 bridgehead atoms. The number of non-ortho nitro benzene ring substituents is 1. The van der Waals surface area contributed by atoms with Crippen molar-refractivity contribution in [3.05, 3.63) is 63.7 Å². The van der Waals surface area contributed by atoms with Gasteiger partial charge in [0, 0.05) is 29.8 Å². The van der Waals surface area contributed by atoms with Crippen molar-refractivity contribution in [1.29, 1.82) is 0 Å². The number of rotatable bonds is 5. The van der Waals surface area contributed by atoms with Gasteiger partial charge in [0.1, 0.15) is 0 Å². The van der Waals surface area contributed by atoms with Crippen LogP contribution in [0.15, 0.2) is 42.5 Å². The highest BCUT2D eigenvalue weighted by Gasteiger charge is 2.13. The van der Waals surface area contributed by atoms with Crippen LogP contribution in [0.25, 0.3) is 0 Å². The quantitative estimate of drug-likeness (QED) is 0.648. The van der Waals surface area contributed by atoms with Crippen LogP contribution in [0.1, 0.15) is 29.3 Å². The highest BCUT2D eigenvalue weighted by atomic mass is 16.6. The molecule has 2 aromatic carbocycles. The molecule has 0 aliphatic rings. The Morgan fingerprint density at radius 1 is 1.12 bits per heavy atom. The summed E-state index contributed by atoms with van der Waals surface area (Å²) < 4.78 is 0. The second kappa shape index (κ2) is 7.36. The van der Waals surface area contributed by atoms with Crippen molar-refractivity contribution in [3.63, 3.8) is 0 Å². The summed E-state index contributed by atoms with van der Waals surface area (Å²) in [7, 11) is 0. The number of nitrogens with zero attached hydrogens (tertiary/aromatic N) is 1. The van der Waals surface area contributed by atoms with E-state index in [1.165, 1.54) is 12.1 Å². The van der Waals surface area contributed by atoms with Gasteiger partial charge in [0.05, 0.1) is 10.6 Å². The van der Waals surface area contributed by atoms with E-state index in [9.17, 15) is 19.7 Å². The molecule has 0 fully saturated rings. The summed E-state index contributed by atoms with van der Waals surface area (Å²) in [6, 6.07) is 10.8. The molecule has 0 aromatic heterocycles. The summed E-state index contributed by atoms with van der Waals surface area (Å²) in [6.07, 6.45) is 0.337. The van der Waals surface area contributed by atoms with E-state index in [4.69, 9.17) is 0 Å². The van der Waals surface area contributed by atoms with Crippen LogP contribution in [0, 0.1) is 17.0 Å². The van der Waals surface area contributed by atoms with Gasteiger partial charge in [-0.25, -0.2) is 0 Å². The molecule has 0 aliphatic heterocycles. The Labute approximate surface area is 138 Å². The van der Waals surface area contributed by atoms with E-state index in [-0.39, 0.29) is 11.6 Å². The average molecular weight is 327 g/mol. The van der Waals surface area contributed by atoms with Crippen LogP contribution in [0.3, 0.4) is 0 Å². The number of hydrogen-bond acceptors (Lipinski definition) is 4. The van der Waals surface area contributed by atoms with Gasteiger partial charge in [-0.05, 0) is 30.7 Å². The van der Waals surface area contributed by atoms with Gasteiger partial charge in [-0.2, -0.15) is 0 Å². The normalized spacial score (nSPS) is 10.1. The van der Waals surface area contributed by atoms with Crippen LogP contribution < -0.4 is 10.6 Å². The van der Waals surface area contributed by atoms with E-state index >= 15 is 0 Å². The van der Waals surface area contributed by atoms with Crippen LogP contribution in [-0.4, -0.2) is 16.7 Å². The number of amides is 2. The summed E-state index contributed by atoms with van der Waals surface area (Å²) in [5, 5.41) is 16.2. The Morgan fingerprint density at radius 3 is 2.54 bits per heavy atom. The number of carbonyl (C=O) groups is 2. The lowest BCUT2D eigenvalue weighted by molar-refractivity contribution is -0.384. The highest BCUT2D eigenvalue weighted by Crippen LogP contribution is 2.23. The number of anilines is 2. The number of benzene rings is 2. The zero-order valence-corrected chi connectivity index (χ0v) is 13.3. The Morgan fingerprint density at radius 2 is 1.88 bits per heavy atom. The Hall–Kier alpha value is -3.22. The van der Waals surface area contributed by atoms with Gasteiger partial charge >= 0.3 is 0 Å². The monoisotopic (exact) mass is 327 g/mol. The smallest absolute Gasteiger partial charge is 0.271 e. The average Bonchev–Trinajstić information content (AvgIpc) is 2.56. The second-order valence-electron chi connectivity index (χ2n) is 5.19. The van der Waals surface area contributed by atoms with Crippen LogP contribution in [0.5, 0.6) is 0 Å². The summed E-state index contributed by atoms with van der Waals surface area (Å²) in [5.74, 6) is -0.562. The molecule has 0 saturated heterocycles. The molecule has 24 heavy (non-hydrogen) atoms. The molecular formula is C17H17N3O4. The molecule has 2 rings (SSSR count). The molecule has 0 saturated carbocycles. The third-order valence-corrected chi connectivity index (χ3v) is 3.41. The largest absolute Gasteiger partial charge is 0.326 e. The molecule has 2 amide bonds. The first-order chi connectivity index (χ1) is 11.4. The van der Waals surface area contributed by atoms with Crippen molar-refractivity contribution in [2.24, 2.45) is 0 Å². The van der Waals surface area contributed by atoms with Gasteiger partial charge < -0.3 is 10.6 Å². The van der Waals surface area contributed by atoms with E-state index in [0.717, 1.165) is 0 Å². The Balaban J connectivity index is 2.21. The fourth-order valence-corrected chi connectivity index (χ4v) is 2.04. The van der Waals surface area contributed by atoms with Gasteiger partial charge in [0.15, 0.2) is 0 Å². The Kier molecular flexibility index (Phi) is 5.26. The first-order valence-corrected chi connectivity index (χ1v) is 7.37. The molecule has 0 spiro atoms. The zero-order chi connectivity index (χ0) is 17.7. The topological polar surface area (TPSA) is 101 Å². The van der Waals surface area contributed by atoms with Gasteiger partial charge in [0.2, 0.25) is 5.91 Å². The Bertz CT molecular complexity index is 802. The van der Waals surface area contributed by atoms with Crippen LogP contribution in [-0.2, 0) is 4.79 Å². The standard InChI is InChI=1S/C17H17N3O4/c1-3-16(21)18-13-6-4-5-12(9-13)17(22)19-15-10-14(20(23)24)8-7-11(15)2/h4-10H,3H2,1-2H3,(H,18,21)(H,19,22). The maximum absolute atomic E-state index is 12.4. The van der Waals surface area contributed by atoms with Gasteiger partial charge in [-0.15, -0.1) is 0 Å². The van der Waals surface area contributed by atoms with Crippen LogP contribution in [0.4, 0.5) is 17.1 Å². The van der Waals surface area contributed by atoms with Gasteiger partial charge in [-0.3, -0.25) is 19.7 Å². The molecule has 0 heterocycles. The first kappa shape index (κ1) is 17.1. The third-order valence-electron chi connectivity index (χ3n) is 3.41. The number of aryl methyl sites for hydroxylation is 1. The van der Waals surface area contributed by atoms with Crippen molar-refractivity contribution in [3.8, 4) is 0 Å². The van der Waals surface area contributed by atoms with Crippen molar-refractivity contribution < 1.29 is 14.5 Å². The highest BCUT2D eigenvalue weighted by molar-refractivity contribution is 6.05. The van der Waals surface area contributed by atoms with Crippen LogP contribution in [0.2, 0.25) is 0 Å². The SMILES string of the molecule is CCC(=O)Nc1cccc(C(=O)Nc2cc([N+](=O)[O-])ccc2C)c1. The summed E-state index contributed by atoms with van der Waals surface area (Å²) >= 11 is 0. The number of carbonyl (C=O) groups excluding carboxylic acids is 2. The number of nitrogens with one attached hydrogen (secondary N) is 2. The van der Waals surface area contributed by atoms with Gasteiger partial charge in [0.25, 0.3) is 11.6 Å². The predicted octanol–water partition coefficient (Wildman–Crippen LogP) is 3.50. The number of nitro groups is 1. The molecule has 124 valence electrons. The third kappa shape index (κ3) is 4.16. The molecule has 0 aliphatic carbocycles. The summed E-state index contributed by atoms with van der Waals surface area (Å²) in [4.78, 5) is 34.1. The van der Waals surface area contributed by atoms with Crippen molar-refractivity contribution >= 4 is 28.9 Å². The minimum Gasteiger partial charge on any atom is -0.326 e. The molecular weight excluding hydrogens is 310 g/mol. The maximum Gasteiger partial charge on any atom is 0.271 e. The number of hydrogen-bond donors (Lipinski definition) is 2. The molecule has 0 unspecified atom stereocenters. The zero-order valence-electron chi connectivity index (χ0n) is 13.3. The van der Waals surface area contributed by atoms with Gasteiger partial charge in [-0.1, -0.05) is 19.1 Å². The first-order valence-electron chi connectivity index (χ1n) is 7.37. The fourth-order valence-electron chi connectivity index (χ4n) is 2.04. The lowest BCUT2D eigenvalue weighted by atomic mass is 10.1. The van der Waals surface area contributed by atoms with E-state index in [1.54, 1.807) is 44.2 Å². The van der Waals surface area contributed by atoms with E-state index in [2.05, 4.69) is 10.6 Å². The van der Waals surface area contributed by atoms with E-state index in [1.807, 2.05) is 0 Å². The summed E-state index contributed by atoms with van der Waals surface area (Å²) in [6.45, 7) is 3.48. The molecule has 0 atom stereocenters. The van der Waals surface area contributed by atoms with E-state index in [0.29, 0.717) is 28.9 Å². The lowest BCUT2D eigenvalue weighted by Gasteiger charge is -2.10. The molecule has 0 radical (unpaired) electrons. The minimum absolute atomic E-state index is 0.0974. The molecule has 2 aromatic rings. The van der Waals surface area contributed by atoms with Crippen molar-refractivity contribution in [1.82, 2.24) is 0 Å². The minimum atomic E-state index is -0.518. The molecule has 7 heteroatoms.